The van der Waals surface area contributed by atoms with Crippen LogP contribution in [0.1, 0.15) is 17.4 Å². The van der Waals surface area contributed by atoms with E-state index in [1.807, 2.05) is 12.1 Å². The summed E-state index contributed by atoms with van der Waals surface area (Å²) in [4.78, 5) is 19.6. The van der Waals surface area contributed by atoms with Crippen molar-refractivity contribution in [2.24, 2.45) is 0 Å². The van der Waals surface area contributed by atoms with Gasteiger partial charge in [0.1, 0.15) is 12.1 Å². The van der Waals surface area contributed by atoms with E-state index in [1.165, 1.54) is 6.33 Å². The molecule has 0 aliphatic carbocycles. The summed E-state index contributed by atoms with van der Waals surface area (Å²) in [5.41, 5.74) is 0.275. The lowest BCUT2D eigenvalue weighted by Gasteiger charge is -1.99. The molecule has 6 heteroatoms. The Morgan fingerprint density at radius 1 is 1.47 bits per heavy atom. The average molecular weight is 296 g/mol. The van der Waals surface area contributed by atoms with Crippen LogP contribution in [0.2, 0.25) is 0 Å². The van der Waals surface area contributed by atoms with Crippen molar-refractivity contribution in [1.29, 1.82) is 0 Å². The number of pyridine rings is 1. The van der Waals surface area contributed by atoms with Gasteiger partial charge >= 0.3 is 5.97 Å². The van der Waals surface area contributed by atoms with Gasteiger partial charge in [-0.2, -0.15) is 0 Å². The van der Waals surface area contributed by atoms with Crippen LogP contribution in [0.15, 0.2) is 35.3 Å². The molecule has 2 aromatic heterocycles. The molecule has 0 radical (unpaired) electrons. The summed E-state index contributed by atoms with van der Waals surface area (Å²) < 4.78 is 7.41. The van der Waals surface area contributed by atoms with Gasteiger partial charge in [0.25, 0.3) is 0 Å². The van der Waals surface area contributed by atoms with Gasteiger partial charge in [-0.3, -0.25) is 4.57 Å². The SMILES string of the molecule is CCOC(=O)c1cn(-c2ccc(Br)cn2)cn1. The minimum Gasteiger partial charge on any atom is -0.461 e. The molecule has 0 fully saturated rings. The van der Waals surface area contributed by atoms with Crippen molar-refractivity contribution < 1.29 is 9.53 Å². The van der Waals surface area contributed by atoms with Crippen LogP contribution in [0.5, 0.6) is 0 Å². The highest BCUT2D eigenvalue weighted by atomic mass is 79.9. The molecule has 2 heterocycles. The Morgan fingerprint density at radius 3 is 2.94 bits per heavy atom. The number of carbonyl (C=O) groups is 1. The van der Waals surface area contributed by atoms with E-state index in [0.717, 1.165) is 4.47 Å². The molecular weight excluding hydrogens is 286 g/mol. The summed E-state index contributed by atoms with van der Waals surface area (Å²) >= 11 is 3.31. The van der Waals surface area contributed by atoms with Crippen LogP contribution in [0.3, 0.4) is 0 Å². The van der Waals surface area contributed by atoms with Gasteiger partial charge in [0.2, 0.25) is 0 Å². The fraction of sp³-hybridized carbons (Fsp3) is 0.182. The first kappa shape index (κ1) is 11.8. The Labute approximate surface area is 107 Å². The highest BCUT2D eigenvalue weighted by molar-refractivity contribution is 9.10. The van der Waals surface area contributed by atoms with Gasteiger partial charge in [0.05, 0.1) is 6.61 Å². The summed E-state index contributed by atoms with van der Waals surface area (Å²) in [6.07, 6.45) is 4.80. The summed E-state index contributed by atoms with van der Waals surface area (Å²) in [5, 5.41) is 0. The second-order valence-corrected chi connectivity index (χ2v) is 4.14. The van der Waals surface area contributed by atoms with Crippen LogP contribution in [0.25, 0.3) is 5.82 Å². The lowest BCUT2D eigenvalue weighted by Crippen LogP contribution is -2.04. The van der Waals surface area contributed by atoms with E-state index in [1.54, 1.807) is 23.9 Å². The number of rotatable bonds is 3. The van der Waals surface area contributed by atoms with Crippen molar-refractivity contribution in [3.63, 3.8) is 0 Å². The van der Waals surface area contributed by atoms with E-state index in [-0.39, 0.29) is 5.69 Å². The van der Waals surface area contributed by atoms with Crippen molar-refractivity contribution >= 4 is 21.9 Å². The number of halogens is 1. The Kier molecular flexibility index (Phi) is 3.53. The minimum atomic E-state index is -0.427. The fourth-order valence-corrected chi connectivity index (χ4v) is 1.51. The zero-order chi connectivity index (χ0) is 12.3. The van der Waals surface area contributed by atoms with Crippen LogP contribution in [-0.4, -0.2) is 27.1 Å². The molecule has 0 aromatic carbocycles. The molecule has 0 aliphatic heterocycles. The van der Waals surface area contributed by atoms with Crippen LogP contribution in [0.4, 0.5) is 0 Å². The molecule has 2 aromatic rings. The van der Waals surface area contributed by atoms with Crippen molar-refractivity contribution in [1.82, 2.24) is 14.5 Å². The molecule has 5 nitrogen and oxygen atoms in total. The second-order valence-electron chi connectivity index (χ2n) is 3.22. The minimum absolute atomic E-state index is 0.275. The molecule has 2 rings (SSSR count). The van der Waals surface area contributed by atoms with Crippen LogP contribution < -0.4 is 0 Å². The van der Waals surface area contributed by atoms with E-state index in [0.29, 0.717) is 12.4 Å². The number of imidazole rings is 1. The van der Waals surface area contributed by atoms with Crippen molar-refractivity contribution in [2.45, 2.75) is 6.92 Å². The quantitative estimate of drug-likeness (QED) is 0.815. The Morgan fingerprint density at radius 2 is 2.29 bits per heavy atom. The predicted molar refractivity (Wildman–Crippen MR) is 65.0 cm³/mol. The highest BCUT2D eigenvalue weighted by Gasteiger charge is 2.10. The van der Waals surface area contributed by atoms with Crippen LogP contribution in [0, 0.1) is 0 Å². The first-order valence-corrected chi connectivity index (χ1v) is 5.83. The Balaban J connectivity index is 2.23. The van der Waals surface area contributed by atoms with E-state index >= 15 is 0 Å². The Bertz CT molecular complexity index is 522. The molecule has 17 heavy (non-hydrogen) atoms. The van der Waals surface area contributed by atoms with E-state index in [2.05, 4.69) is 25.9 Å². The van der Waals surface area contributed by atoms with Gasteiger partial charge in [-0.1, -0.05) is 0 Å². The molecule has 0 saturated heterocycles. The molecule has 0 unspecified atom stereocenters. The summed E-state index contributed by atoms with van der Waals surface area (Å²) in [6.45, 7) is 2.09. The van der Waals surface area contributed by atoms with Gasteiger partial charge in [0, 0.05) is 16.9 Å². The maximum atomic E-state index is 11.4. The van der Waals surface area contributed by atoms with Gasteiger partial charge in [-0.05, 0) is 35.0 Å². The number of carbonyl (C=O) groups excluding carboxylic acids is 1. The van der Waals surface area contributed by atoms with Gasteiger partial charge in [0.15, 0.2) is 5.69 Å². The summed E-state index contributed by atoms with van der Waals surface area (Å²) in [6, 6.07) is 3.69. The van der Waals surface area contributed by atoms with Crippen molar-refractivity contribution in [2.75, 3.05) is 6.61 Å². The smallest absolute Gasteiger partial charge is 0.358 e. The van der Waals surface area contributed by atoms with Gasteiger partial charge in [-0.15, -0.1) is 0 Å². The summed E-state index contributed by atoms with van der Waals surface area (Å²) in [5.74, 6) is 0.264. The van der Waals surface area contributed by atoms with E-state index in [4.69, 9.17) is 4.74 Å². The zero-order valence-corrected chi connectivity index (χ0v) is 10.7. The largest absolute Gasteiger partial charge is 0.461 e. The number of ether oxygens (including phenoxy) is 1. The van der Waals surface area contributed by atoms with Crippen molar-refractivity contribution in [3.05, 3.63) is 41.0 Å². The molecule has 0 aliphatic rings. The third-order valence-corrected chi connectivity index (χ3v) is 2.51. The fourth-order valence-electron chi connectivity index (χ4n) is 1.28. The lowest BCUT2D eigenvalue weighted by atomic mass is 10.4. The molecule has 0 bridgehead atoms. The van der Waals surface area contributed by atoms with Gasteiger partial charge in [-0.25, -0.2) is 14.8 Å². The first-order chi connectivity index (χ1) is 8.20. The maximum absolute atomic E-state index is 11.4. The van der Waals surface area contributed by atoms with E-state index in [9.17, 15) is 4.79 Å². The molecule has 0 N–H and O–H groups in total. The summed E-state index contributed by atoms with van der Waals surface area (Å²) in [7, 11) is 0. The average Bonchev–Trinajstić information content (AvgIpc) is 2.80. The second kappa shape index (κ2) is 5.09. The normalized spacial score (nSPS) is 10.2. The number of hydrogen-bond acceptors (Lipinski definition) is 4. The molecule has 0 saturated carbocycles. The standard InChI is InChI=1S/C11H10BrN3O2/c1-2-17-11(16)9-6-15(7-14-9)10-4-3-8(12)5-13-10/h3-7H,2H2,1H3. The number of hydrogen-bond donors (Lipinski definition) is 0. The maximum Gasteiger partial charge on any atom is 0.358 e. The molecule has 88 valence electrons. The lowest BCUT2D eigenvalue weighted by molar-refractivity contribution is 0.0520. The third kappa shape index (κ3) is 2.71. The van der Waals surface area contributed by atoms with Crippen LogP contribution >= 0.6 is 15.9 Å². The molecule has 0 atom stereocenters. The highest BCUT2D eigenvalue weighted by Crippen LogP contribution is 2.11. The number of aromatic nitrogens is 3. The number of nitrogens with zero attached hydrogens (tertiary/aromatic N) is 3. The Hall–Kier alpha value is -1.69. The van der Waals surface area contributed by atoms with Crippen molar-refractivity contribution in [3.8, 4) is 5.82 Å². The number of esters is 1. The molecule has 0 amide bonds. The predicted octanol–water partition coefficient (Wildman–Crippen LogP) is 2.21. The third-order valence-electron chi connectivity index (χ3n) is 2.04. The zero-order valence-electron chi connectivity index (χ0n) is 9.13. The topological polar surface area (TPSA) is 57.0 Å². The molecular formula is C11H10BrN3O2. The van der Waals surface area contributed by atoms with Gasteiger partial charge < -0.3 is 4.74 Å². The van der Waals surface area contributed by atoms with E-state index < -0.39 is 5.97 Å². The van der Waals surface area contributed by atoms with Crippen LogP contribution in [-0.2, 0) is 4.74 Å². The molecule has 0 spiro atoms. The monoisotopic (exact) mass is 295 g/mol. The first-order valence-electron chi connectivity index (χ1n) is 5.03.